The first-order valence-corrected chi connectivity index (χ1v) is 6.47. The van der Waals surface area contributed by atoms with Crippen LogP contribution in [0.15, 0.2) is 0 Å². The first kappa shape index (κ1) is 15.4. The van der Waals surface area contributed by atoms with Crippen molar-refractivity contribution in [1.29, 1.82) is 0 Å². The number of amides is 1. The Balaban J connectivity index is 4.17. The van der Waals surface area contributed by atoms with Crippen molar-refractivity contribution in [2.45, 2.75) is 59.4 Å². The fourth-order valence-electron chi connectivity index (χ4n) is 1.75. The molecule has 0 bridgehead atoms. The van der Waals surface area contributed by atoms with Crippen LogP contribution in [-0.4, -0.2) is 23.7 Å². The molecule has 0 heterocycles. The van der Waals surface area contributed by atoms with Crippen LogP contribution >= 0.6 is 0 Å². The molecule has 0 saturated heterocycles. The van der Waals surface area contributed by atoms with Gasteiger partial charge in [0.15, 0.2) is 0 Å². The molecule has 0 aromatic carbocycles. The summed E-state index contributed by atoms with van der Waals surface area (Å²) < 4.78 is 0. The van der Waals surface area contributed by atoms with Crippen molar-refractivity contribution in [2.24, 2.45) is 11.8 Å². The molecule has 2 N–H and O–H groups in total. The number of carbonyl (C=O) groups is 1. The molecule has 0 rings (SSSR count). The third-order valence-electron chi connectivity index (χ3n) is 3.16. The summed E-state index contributed by atoms with van der Waals surface area (Å²) in [4.78, 5) is 12.0. The molecular weight excluding hydrogens is 202 g/mol. The van der Waals surface area contributed by atoms with Gasteiger partial charge in [0, 0.05) is 18.6 Å². The topological polar surface area (TPSA) is 49.3 Å². The Morgan fingerprint density at radius 1 is 1.19 bits per heavy atom. The van der Waals surface area contributed by atoms with E-state index in [9.17, 15) is 4.79 Å². The fourth-order valence-corrected chi connectivity index (χ4v) is 1.75. The third kappa shape index (κ3) is 5.50. The monoisotopic (exact) mass is 229 g/mol. The Morgan fingerprint density at radius 3 is 2.06 bits per heavy atom. The molecule has 1 amide bonds. The molecule has 0 aromatic heterocycles. The second kappa shape index (κ2) is 8.57. The minimum atomic E-state index is 0.0497. The molecule has 3 nitrogen and oxygen atoms in total. The van der Waals surface area contributed by atoms with E-state index in [1.165, 1.54) is 0 Å². The van der Waals surface area contributed by atoms with Crippen LogP contribution < -0.4 is 5.32 Å². The number of carbonyl (C=O) groups excluding carboxylic acids is 1. The van der Waals surface area contributed by atoms with Crippen molar-refractivity contribution in [3.8, 4) is 0 Å². The van der Waals surface area contributed by atoms with E-state index in [2.05, 4.69) is 19.2 Å². The van der Waals surface area contributed by atoms with Crippen LogP contribution in [0.4, 0.5) is 0 Å². The van der Waals surface area contributed by atoms with E-state index in [0.29, 0.717) is 0 Å². The first-order chi connectivity index (χ1) is 7.56. The van der Waals surface area contributed by atoms with E-state index in [1.54, 1.807) is 0 Å². The van der Waals surface area contributed by atoms with Crippen molar-refractivity contribution in [3.05, 3.63) is 0 Å². The van der Waals surface area contributed by atoms with Crippen LogP contribution in [0.25, 0.3) is 0 Å². The first-order valence-electron chi connectivity index (χ1n) is 6.47. The number of aliphatic hydroxyl groups excluding tert-OH is 1. The normalized spacial score (nSPS) is 14.9. The van der Waals surface area contributed by atoms with Crippen LogP contribution in [0.3, 0.4) is 0 Å². The summed E-state index contributed by atoms with van der Waals surface area (Å²) in [6, 6.07) is 0.0497. The summed E-state index contributed by atoms with van der Waals surface area (Å²) in [6.45, 7) is 8.23. The second-order valence-corrected chi connectivity index (χ2v) is 4.73. The van der Waals surface area contributed by atoms with Gasteiger partial charge in [0.05, 0.1) is 0 Å². The lowest BCUT2D eigenvalue weighted by molar-refractivity contribution is -0.126. The van der Waals surface area contributed by atoms with Crippen molar-refractivity contribution < 1.29 is 9.90 Å². The summed E-state index contributed by atoms with van der Waals surface area (Å²) in [5, 5.41) is 12.0. The highest BCUT2D eigenvalue weighted by molar-refractivity contribution is 5.78. The predicted octanol–water partition coefficient (Wildman–Crippen LogP) is 2.34. The molecule has 0 aliphatic heterocycles. The summed E-state index contributed by atoms with van der Waals surface area (Å²) in [5.41, 5.74) is 0. The van der Waals surface area contributed by atoms with Gasteiger partial charge in [-0.3, -0.25) is 4.79 Å². The molecule has 0 radical (unpaired) electrons. The van der Waals surface area contributed by atoms with Gasteiger partial charge in [-0.15, -0.1) is 0 Å². The van der Waals surface area contributed by atoms with Crippen molar-refractivity contribution >= 4 is 5.91 Å². The summed E-state index contributed by atoms with van der Waals surface area (Å²) in [5.74, 6) is 0.410. The van der Waals surface area contributed by atoms with Gasteiger partial charge in [-0.25, -0.2) is 0 Å². The zero-order valence-corrected chi connectivity index (χ0v) is 11.1. The quantitative estimate of drug-likeness (QED) is 0.671. The number of hydrogen-bond donors (Lipinski definition) is 2. The van der Waals surface area contributed by atoms with Crippen molar-refractivity contribution in [3.63, 3.8) is 0 Å². The Bertz CT molecular complexity index is 188. The molecule has 0 fully saturated rings. The molecule has 0 saturated carbocycles. The summed E-state index contributed by atoms with van der Waals surface area (Å²) in [7, 11) is 0. The van der Waals surface area contributed by atoms with Gasteiger partial charge in [-0.2, -0.15) is 0 Å². The maximum atomic E-state index is 12.0. The minimum absolute atomic E-state index is 0.0497. The van der Waals surface area contributed by atoms with Crippen LogP contribution in [0.2, 0.25) is 0 Å². The lowest BCUT2D eigenvalue weighted by Crippen LogP contribution is -2.41. The lowest BCUT2D eigenvalue weighted by atomic mass is 9.96. The van der Waals surface area contributed by atoms with Crippen molar-refractivity contribution in [1.82, 2.24) is 5.32 Å². The van der Waals surface area contributed by atoms with Gasteiger partial charge in [0.1, 0.15) is 0 Å². The molecule has 2 atom stereocenters. The molecule has 0 aromatic rings. The maximum Gasteiger partial charge on any atom is 0.223 e. The van der Waals surface area contributed by atoms with Gasteiger partial charge < -0.3 is 10.4 Å². The van der Waals surface area contributed by atoms with E-state index >= 15 is 0 Å². The molecule has 0 aliphatic rings. The summed E-state index contributed by atoms with van der Waals surface area (Å²) in [6.07, 6.45) is 4.00. The average molecular weight is 229 g/mol. The number of nitrogens with one attached hydrogen (secondary N) is 1. The number of rotatable bonds is 8. The lowest BCUT2D eigenvalue weighted by Gasteiger charge is -2.23. The van der Waals surface area contributed by atoms with Gasteiger partial charge in [0.25, 0.3) is 0 Å². The Kier molecular flexibility index (Phi) is 8.26. The van der Waals surface area contributed by atoms with Crippen LogP contribution in [0, 0.1) is 11.8 Å². The Labute approximate surface area is 99.6 Å². The third-order valence-corrected chi connectivity index (χ3v) is 3.16. The molecule has 16 heavy (non-hydrogen) atoms. The standard InChI is InChI=1S/C13H27NO2/c1-5-7-12(8-6-2)13(16)14-11(4)10(3)9-15/h10-12,15H,5-9H2,1-4H3,(H,14,16). The largest absolute Gasteiger partial charge is 0.396 e. The van der Waals surface area contributed by atoms with Crippen LogP contribution in [0.1, 0.15) is 53.4 Å². The van der Waals surface area contributed by atoms with Crippen LogP contribution in [0.5, 0.6) is 0 Å². The minimum Gasteiger partial charge on any atom is -0.396 e. The SMILES string of the molecule is CCCC(CCC)C(=O)NC(C)C(C)CO. The highest BCUT2D eigenvalue weighted by atomic mass is 16.3. The van der Waals surface area contributed by atoms with E-state index in [0.717, 1.165) is 25.7 Å². The molecular formula is C13H27NO2. The number of hydrogen-bond acceptors (Lipinski definition) is 2. The Morgan fingerprint density at radius 2 is 1.69 bits per heavy atom. The highest BCUT2D eigenvalue weighted by Gasteiger charge is 2.20. The smallest absolute Gasteiger partial charge is 0.223 e. The molecule has 2 unspecified atom stereocenters. The molecule has 0 aliphatic carbocycles. The highest BCUT2D eigenvalue weighted by Crippen LogP contribution is 2.14. The maximum absolute atomic E-state index is 12.0. The summed E-state index contributed by atoms with van der Waals surface area (Å²) >= 11 is 0. The van der Waals surface area contributed by atoms with Crippen molar-refractivity contribution in [2.75, 3.05) is 6.61 Å². The van der Waals surface area contributed by atoms with Gasteiger partial charge in [-0.1, -0.05) is 33.6 Å². The fraction of sp³-hybridized carbons (Fsp3) is 0.923. The zero-order chi connectivity index (χ0) is 12.6. The predicted molar refractivity (Wildman–Crippen MR) is 67.2 cm³/mol. The molecule has 96 valence electrons. The van der Waals surface area contributed by atoms with Crippen LogP contribution in [-0.2, 0) is 4.79 Å². The van der Waals surface area contributed by atoms with Gasteiger partial charge in [0.2, 0.25) is 5.91 Å². The average Bonchev–Trinajstić information content (AvgIpc) is 2.27. The Hall–Kier alpha value is -0.570. The molecule has 3 heteroatoms. The van der Waals surface area contributed by atoms with Gasteiger partial charge in [-0.05, 0) is 25.7 Å². The van der Waals surface area contributed by atoms with E-state index in [-0.39, 0.29) is 30.4 Å². The number of aliphatic hydroxyl groups is 1. The second-order valence-electron chi connectivity index (χ2n) is 4.73. The van der Waals surface area contributed by atoms with Gasteiger partial charge >= 0.3 is 0 Å². The van der Waals surface area contributed by atoms with E-state index in [4.69, 9.17) is 5.11 Å². The van der Waals surface area contributed by atoms with E-state index < -0.39 is 0 Å². The zero-order valence-electron chi connectivity index (χ0n) is 11.1. The molecule has 0 spiro atoms. The van der Waals surface area contributed by atoms with E-state index in [1.807, 2.05) is 13.8 Å².